The summed E-state index contributed by atoms with van der Waals surface area (Å²) in [7, 11) is 0. The Kier molecular flexibility index (Phi) is 6.21. The summed E-state index contributed by atoms with van der Waals surface area (Å²) >= 11 is 0. The van der Waals surface area contributed by atoms with E-state index in [1.165, 1.54) is 0 Å². The number of hydrogen-bond donors (Lipinski definition) is 3. The Bertz CT molecular complexity index is 459. The lowest BCUT2D eigenvalue weighted by molar-refractivity contribution is 0.0170. The number of rotatable bonds is 6. The maximum absolute atomic E-state index is 12.1. The molecule has 0 radical (unpaired) electrons. The van der Waals surface area contributed by atoms with Crippen molar-refractivity contribution in [3.63, 3.8) is 0 Å². The number of urea groups is 1. The van der Waals surface area contributed by atoms with Crippen LogP contribution >= 0.6 is 0 Å². The summed E-state index contributed by atoms with van der Waals surface area (Å²) < 4.78 is 0. The summed E-state index contributed by atoms with van der Waals surface area (Å²) in [6.45, 7) is 9.97. The first-order valence-electron chi connectivity index (χ1n) is 7.69. The number of carbonyl (C=O) groups excluding carboxylic acids is 1. The van der Waals surface area contributed by atoms with Crippen LogP contribution in [-0.2, 0) is 12.8 Å². The number of aryl methyl sites for hydroxylation is 2. The number of benzene rings is 1. The molecule has 0 aromatic heterocycles. The molecule has 4 nitrogen and oxygen atoms in total. The monoisotopic (exact) mass is 292 g/mol. The summed E-state index contributed by atoms with van der Waals surface area (Å²) in [5, 5.41) is 15.9. The van der Waals surface area contributed by atoms with Gasteiger partial charge in [-0.15, -0.1) is 0 Å². The fourth-order valence-electron chi connectivity index (χ4n) is 2.02. The Hall–Kier alpha value is -1.55. The maximum atomic E-state index is 12.1. The van der Waals surface area contributed by atoms with E-state index in [-0.39, 0.29) is 18.5 Å². The Morgan fingerprint density at radius 3 is 2.19 bits per heavy atom. The predicted molar refractivity (Wildman–Crippen MR) is 87.7 cm³/mol. The van der Waals surface area contributed by atoms with Gasteiger partial charge in [0, 0.05) is 12.2 Å². The lowest BCUT2D eigenvalue weighted by atomic mass is 9.93. The number of carbonyl (C=O) groups is 1. The van der Waals surface area contributed by atoms with Crippen LogP contribution < -0.4 is 10.6 Å². The quantitative estimate of drug-likeness (QED) is 0.753. The van der Waals surface area contributed by atoms with Gasteiger partial charge >= 0.3 is 6.03 Å². The summed E-state index contributed by atoms with van der Waals surface area (Å²) in [5.74, 6) is 0.0759. The molecule has 0 spiro atoms. The van der Waals surface area contributed by atoms with Crippen LogP contribution in [0.15, 0.2) is 18.2 Å². The van der Waals surface area contributed by atoms with Gasteiger partial charge < -0.3 is 15.7 Å². The third-order valence-corrected chi connectivity index (χ3v) is 4.09. The van der Waals surface area contributed by atoms with E-state index in [9.17, 15) is 9.90 Å². The fraction of sp³-hybridized carbons (Fsp3) is 0.588. The first-order valence-corrected chi connectivity index (χ1v) is 7.69. The van der Waals surface area contributed by atoms with Crippen LogP contribution in [0.25, 0.3) is 0 Å². The van der Waals surface area contributed by atoms with Crippen LogP contribution in [0.5, 0.6) is 0 Å². The average Bonchev–Trinajstić information content (AvgIpc) is 2.45. The topological polar surface area (TPSA) is 61.4 Å². The van der Waals surface area contributed by atoms with Gasteiger partial charge in [0.1, 0.15) is 0 Å². The summed E-state index contributed by atoms with van der Waals surface area (Å²) in [6.07, 6.45) is 1.74. The Labute approximate surface area is 128 Å². The van der Waals surface area contributed by atoms with E-state index in [0.717, 1.165) is 29.7 Å². The van der Waals surface area contributed by atoms with Crippen molar-refractivity contribution in [1.29, 1.82) is 0 Å². The molecule has 1 aromatic rings. The second kappa shape index (κ2) is 7.46. The van der Waals surface area contributed by atoms with Gasteiger partial charge in [0.15, 0.2) is 0 Å². The first-order chi connectivity index (χ1) is 9.81. The lowest BCUT2D eigenvalue weighted by Gasteiger charge is -2.28. The number of aliphatic hydroxyl groups is 1. The van der Waals surface area contributed by atoms with Gasteiger partial charge in [-0.1, -0.05) is 45.9 Å². The molecule has 1 aromatic carbocycles. The average molecular weight is 292 g/mol. The van der Waals surface area contributed by atoms with E-state index < -0.39 is 5.60 Å². The van der Waals surface area contributed by atoms with Crippen molar-refractivity contribution in [1.82, 2.24) is 5.32 Å². The maximum Gasteiger partial charge on any atom is 0.319 e. The minimum Gasteiger partial charge on any atom is -0.388 e. The van der Waals surface area contributed by atoms with Crippen molar-refractivity contribution in [2.45, 2.75) is 53.1 Å². The highest BCUT2D eigenvalue weighted by atomic mass is 16.3. The molecule has 1 unspecified atom stereocenters. The first kappa shape index (κ1) is 17.5. The van der Waals surface area contributed by atoms with Crippen molar-refractivity contribution in [3.8, 4) is 0 Å². The molecule has 0 aliphatic carbocycles. The minimum atomic E-state index is -0.908. The summed E-state index contributed by atoms with van der Waals surface area (Å²) in [6, 6.07) is 5.80. The highest BCUT2D eigenvalue weighted by Crippen LogP contribution is 2.22. The molecule has 0 bridgehead atoms. The van der Waals surface area contributed by atoms with E-state index in [1.807, 2.05) is 32.0 Å². The Balaban J connectivity index is 2.76. The molecule has 0 heterocycles. The van der Waals surface area contributed by atoms with E-state index in [1.54, 1.807) is 6.92 Å². The van der Waals surface area contributed by atoms with Gasteiger partial charge in [0.25, 0.3) is 0 Å². The van der Waals surface area contributed by atoms with E-state index in [4.69, 9.17) is 0 Å². The molecule has 0 aliphatic heterocycles. The highest BCUT2D eigenvalue weighted by Gasteiger charge is 2.25. The Morgan fingerprint density at radius 1 is 1.24 bits per heavy atom. The zero-order chi connectivity index (χ0) is 16.0. The molecule has 3 N–H and O–H groups in total. The predicted octanol–water partition coefficient (Wildman–Crippen LogP) is 3.34. The van der Waals surface area contributed by atoms with Crippen molar-refractivity contribution in [2.75, 3.05) is 11.9 Å². The third kappa shape index (κ3) is 4.74. The second-order valence-electron chi connectivity index (χ2n) is 5.98. The molecule has 0 saturated carbocycles. The van der Waals surface area contributed by atoms with Gasteiger partial charge in [-0.05, 0) is 36.8 Å². The van der Waals surface area contributed by atoms with Gasteiger partial charge in [0.2, 0.25) is 0 Å². The largest absolute Gasteiger partial charge is 0.388 e. The van der Waals surface area contributed by atoms with Crippen LogP contribution in [0.3, 0.4) is 0 Å². The number of para-hydroxylation sites is 1. The standard InChI is InChI=1S/C17H28N2O2/c1-6-13-9-8-10-14(7-2)15(13)19-16(20)18-11-17(5,21)12(3)4/h8-10,12,21H,6-7,11H2,1-5H3,(H2,18,19,20). The van der Waals surface area contributed by atoms with Crippen LogP contribution in [0, 0.1) is 5.92 Å². The molecular weight excluding hydrogens is 264 g/mol. The van der Waals surface area contributed by atoms with Gasteiger partial charge in [0.05, 0.1) is 5.60 Å². The minimum absolute atomic E-state index is 0.0759. The molecule has 1 atom stereocenters. The second-order valence-corrected chi connectivity index (χ2v) is 5.98. The number of amides is 2. The van der Waals surface area contributed by atoms with Crippen molar-refractivity contribution < 1.29 is 9.90 Å². The fourth-order valence-corrected chi connectivity index (χ4v) is 2.02. The zero-order valence-corrected chi connectivity index (χ0v) is 13.8. The highest BCUT2D eigenvalue weighted by molar-refractivity contribution is 5.91. The summed E-state index contributed by atoms with van der Waals surface area (Å²) in [5.41, 5.74) is 2.24. The molecule has 4 heteroatoms. The zero-order valence-electron chi connectivity index (χ0n) is 13.8. The summed E-state index contributed by atoms with van der Waals surface area (Å²) in [4.78, 5) is 12.1. The molecule has 0 saturated heterocycles. The van der Waals surface area contributed by atoms with Crippen molar-refractivity contribution in [2.24, 2.45) is 5.92 Å². The van der Waals surface area contributed by atoms with Crippen LogP contribution in [0.2, 0.25) is 0 Å². The van der Waals surface area contributed by atoms with Gasteiger partial charge in [-0.25, -0.2) is 4.79 Å². The molecule has 118 valence electrons. The van der Waals surface area contributed by atoms with E-state index in [0.29, 0.717) is 0 Å². The van der Waals surface area contributed by atoms with Crippen LogP contribution in [0.1, 0.15) is 45.7 Å². The molecule has 21 heavy (non-hydrogen) atoms. The molecule has 0 aliphatic rings. The molecule has 1 rings (SSSR count). The SMILES string of the molecule is CCc1cccc(CC)c1NC(=O)NCC(C)(O)C(C)C. The van der Waals surface area contributed by atoms with Crippen molar-refractivity contribution >= 4 is 11.7 Å². The number of hydrogen-bond acceptors (Lipinski definition) is 2. The van der Waals surface area contributed by atoms with E-state index >= 15 is 0 Å². The third-order valence-electron chi connectivity index (χ3n) is 4.09. The normalized spacial score (nSPS) is 13.9. The van der Waals surface area contributed by atoms with Crippen LogP contribution in [-0.4, -0.2) is 23.3 Å². The molecule has 0 fully saturated rings. The lowest BCUT2D eigenvalue weighted by Crippen LogP contribution is -2.45. The van der Waals surface area contributed by atoms with E-state index in [2.05, 4.69) is 24.5 Å². The van der Waals surface area contributed by atoms with Gasteiger partial charge in [-0.3, -0.25) is 0 Å². The van der Waals surface area contributed by atoms with Crippen LogP contribution in [0.4, 0.5) is 10.5 Å². The number of nitrogens with one attached hydrogen (secondary N) is 2. The molecular formula is C17H28N2O2. The smallest absolute Gasteiger partial charge is 0.319 e. The Morgan fingerprint density at radius 2 is 1.76 bits per heavy atom. The van der Waals surface area contributed by atoms with Gasteiger partial charge in [-0.2, -0.15) is 0 Å². The molecule has 2 amide bonds. The van der Waals surface area contributed by atoms with Crippen molar-refractivity contribution in [3.05, 3.63) is 29.3 Å². The number of anilines is 1.